The Morgan fingerprint density at radius 2 is 1.40 bits per heavy atom. The van der Waals surface area contributed by atoms with E-state index < -0.39 is 28.5 Å². The molecule has 1 aliphatic carbocycles. The van der Waals surface area contributed by atoms with Crippen molar-refractivity contribution in [1.29, 1.82) is 0 Å². The van der Waals surface area contributed by atoms with Crippen LogP contribution in [0.4, 0.5) is 5.69 Å². The van der Waals surface area contributed by atoms with Gasteiger partial charge >= 0.3 is 0 Å². The topological polar surface area (TPSA) is 86.8 Å². The molecule has 1 atom stereocenters. The van der Waals surface area contributed by atoms with E-state index >= 15 is 0 Å². The van der Waals surface area contributed by atoms with Gasteiger partial charge in [0.2, 0.25) is 11.8 Å². The lowest BCUT2D eigenvalue weighted by molar-refractivity contribution is -0.140. The van der Waals surface area contributed by atoms with Crippen molar-refractivity contribution < 1.29 is 18.0 Å². The highest BCUT2D eigenvalue weighted by Gasteiger charge is 2.35. The van der Waals surface area contributed by atoms with Crippen LogP contribution in [-0.2, 0) is 32.6 Å². The monoisotopic (exact) mass is 683 g/mol. The van der Waals surface area contributed by atoms with Crippen molar-refractivity contribution in [1.82, 2.24) is 10.2 Å². The van der Waals surface area contributed by atoms with Gasteiger partial charge in [0.25, 0.3) is 10.0 Å². The molecule has 9 heteroatoms. The molecule has 0 heterocycles. The van der Waals surface area contributed by atoms with E-state index in [-0.39, 0.29) is 23.4 Å². The molecule has 1 N–H and O–H groups in total. The summed E-state index contributed by atoms with van der Waals surface area (Å²) >= 11 is 1.52. The lowest BCUT2D eigenvalue weighted by Crippen LogP contribution is -2.55. The molecule has 4 aromatic carbocycles. The van der Waals surface area contributed by atoms with Gasteiger partial charge < -0.3 is 10.2 Å². The second-order valence-corrected chi connectivity index (χ2v) is 15.3. The molecule has 0 saturated heterocycles. The highest BCUT2D eigenvalue weighted by Crippen LogP contribution is 2.27. The molecule has 252 valence electrons. The summed E-state index contributed by atoms with van der Waals surface area (Å²) in [7, 11) is -4.15. The van der Waals surface area contributed by atoms with Crippen molar-refractivity contribution in [3.05, 3.63) is 125 Å². The fourth-order valence-electron chi connectivity index (χ4n) is 6.10. The molecule has 0 spiro atoms. The summed E-state index contributed by atoms with van der Waals surface area (Å²) in [5, 5.41) is 3.26. The molecule has 4 aromatic rings. The second-order valence-electron chi connectivity index (χ2n) is 12.6. The molecule has 7 nitrogen and oxygen atoms in total. The molecular formula is C39H45N3O4S2. The van der Waals surface area contributed by atoms with Crippen molar-refractivity contribution >= 4 is 39.3 Å². The van der Waals surface area contributed by atoms with Crippen LogP contribution in [0.5, 0.6) is 0 Å². The Morgan fingerprint density at radius 3 is 2.00 bits per heavy atom. The van der Waals surface area contributed by atoms with Gasteiger partial charge in [0.1, 0.15) is 12.6 Å². The number of amides is 2. The SMILES string of the molecule is CSc1ccc(S(=O)(=O)N(CC(=O)N(Cc2ccc(C)cc2)[C@@H](Cc2ccccc2)C(=O)NC2CCCCC2)c2ccc(C)cc2)cc1. The lowest BCUT2D eigenvalue weighted by atomic mass is 9.94. The van der Waals surface area contributed by atoms with Crippen LogP contribution in [0.15, 0.2) is 113 Å². The number of aryl methyl sites for hydroxylation is 2. The Balaban J connectivity index is 1.55. The lowest BCUT2D eigenvalue weighted by Gasteiger charge is -2.35. The van der Waals surface area contributed by atoms with E-state index in [1.54, 1.807) is 41.3 Å². The summed E-state index contributed by atoms with van der Waals surface area (Å²) in [6.45, 7) is 3.61. The maximum Gasteiger partial charge on any atom is 0.264 e. The van der Waals surface area contributed by atoms with Crippen molar-refractivity contribution in [2.75, 3.05) is 17.1 Å². The first-order valence-corrected chi connectivity index (χ1v) is 19.2. The molecule has 1 saturated carbocycles. The molecule has 1 fully saturated rings. The van der Waals surface area contributed by atoms with E-state index in [9.17, 15) is 18.0 Å². The fraction of sp³-hybridized carbons (Fsp3) is 0.333. The minimum atomic E-state index is -4.15. The van der Waals surface area contributed by atoms with Crippen molar-refractivity contribution in [2.45, 2.75) is 80.8 Å². The first-order valence-electron chi connectivity index (χ1n) is 16.6. The van der Waals surface area contributed by atoms with Gasteiger partial charge in [-0.3, -0.25) is 13.9 Å². The number of carbonyl (C=O) groups excluding carboxylic acids is 2. The highest BCUT2D eigenvalue weighted by atomic mass is 32.2. The van der Waals surface area contributed by atoms with Crippen LogP contribution in [0.25, 0.3) is 0 Å². The van der Waals surface area contributed by atoms with Gasteiger partial charge in [0.15, 0.2) is 0 Å². The van der Waals surface area contributed by atoms with Crippen LogP contribution >= 0.6 is 11.8 Å². The molecule has 5 rings (SSSR count). The number of nitrogens with zero attached hydrogens (tertiary/aromatic N) is 2. The minimum absolute atomic E-state index is 0.0505. The number of rotatable bonds is 13. The first-order chi connectivity index (χ1) is 23.1. The number of carbonyl (C=O) groups is 2. The number of benzene rings is 4. The molecule has 0 radical (unpaired) electrons. The predicted molar refractivity (Wildman–Crippen MR) is 195 cm³/mol. The third kappa shape index (κ3) is 9.08. The van der Waals surface area contributed by atoms with E-state index in [1.165, 1.54) is 16.1 Å². The average molecular weight is 684 g/mol. The molecule has 48 heavy (non-hydrogen) atoms. The molecular weight excluding hydrogens is 639 g/mol. The second kappa shape index (κ2) is 16.3. The van der Waals surface area contributed by atoms with Crippen LogP contribution in [0.2, 0.25) is 0 Å². The molecule has 1 aliphatic rings. The van der Waals surface area contributed by atoms with Crippen LogP contribution < -0.4 is 9.62 Å². The van der Waals surface area contributed by atoms with E-state index in [0.717, 1.165) is 59.3 Å². The van der Waals surface area contributed by atoms with Gasteiger partial charge in [-0.2, -0.15) is 0 Å². The zero-order valence-corrected chi connectivity index (χ0v) is 29.6. The van der Waals surface area contributed by atoms with E-state index in [1.807, 2.05) is 86.8 Å². The van der Waals surface area contributed by atoms with Gasteiger partial charge in [-0.25, -0.2) is 8.42 Å². The van der Waals surface area contributed by atoms with Gasteiger partial charge in [0.05, 0.1) is 10.6 Å². The molecule has 0 aromatic heterocycles. The normalized spacial score (nSPS) is 14.2. The smallest absolute Gasteiger partial charge is 0.264 e. The quantitative estimate of drug-likeness (QED) is 0.150. The van der Waals surface area contributed by atoms with Crippen LogP contribution in [0.1, 0.15) is 54.4 Å². The zero-order valence-electron chi connectivity index (χ0n) is 28.0. The van der Waals surface area contributed by atoms with E-state index in [2.05, 4.69) is 5.32 Å². The van der Waals surface area contributed by atoms with Crippen LogP contribution in [-0.4, -0.2) is 50.0 Å². The van der Waals surface area contributed by atoms with Crippen molar-refractivity contribution in [2.24, 2.45) is 0 Å². The number of hydrogen-bond acceptors (Lipinski definition) is 5. The first kappa shape index (κ1) is 35.2. The summed E-state index contributed by atoms with van der Waals surface area (Å²) < 4.78 is 29.8. The number of anilines is 1. The predicted octanol–water partition coefficient (Wildman–Crippen LogP) is 7.31. The van der Waals surface area contributed by atoms with Crippen LogP contribution in [0.3, 0.4) is 0 Å². The summed E-state index contributed by atoms with van der Waals surface area (Å²) in [4.78, 5) is 31.5. The molecule has 0 bridgehead atoms. The largest absolute Gasteiger partial charge is 0.352 e. The average Bonchev–Trinajstić information content (AvgIpc) is 3.10. The van der Waals surface area contributed by atoms with E-state index in [0.29, 0.717) is 12.1 Å². The highest BCUT2D eigenvalue weighted by molar-refractivity contribution is 7.98. The number of sulfonamides is 1. The van der Waals surface area contributed by atoms with Gasteiger partial charge in [-0.05, 0) is 80.5 Å². The zero-order chi connectivity index (χ0) is 34.1. The van der Waals surface area contributed by atoms with Gasteiger partial charge in [-0.1, -0.05) is 97.1 Å². The Kier molecular flexibility index (Phi) is 12.0. The summed E-state index contributed by atoms with van der Waals surface area (Å²) in [6, 6.07) is 30.5. The molecule has 0 unspecified atom stereocenters. The molecule has 2 amide bonds. The summed E-state index contributed by atoms with van der Waals surface area (Å²) in [5.41, 5.74) is 4.20. The molecule has 0 aliphatic heterocycles. The Morgan fingerprint density at radius 1 is 0.792 bits per heavy atom. The third-order valence-corrected chi connectivity index (χ3v) is 11.5. The maximum atomic E-state index is 14.7. The van der Waals surface area contributed by atoms with Crippen LogP contribution in [0, 0.1) is 13.8 Å². The van der Waals surface area contributed by atoms with Crippen molar-refractivity contribution in [3.8, 4) is 0 Å². The van der Waals surface area contributed by atoms with E-state index in [4.69, 9.17) is 0 Å². The third-order valence-electron chi connectivity index (χ3n) is 8.94. The number of hydrogen-bond donors (Lipinski definition) is 1. The maximum absolute atomic E-state index is 14.7. The van der Waals surface area contributed by atoms with Gasteiger partial charge in [-0.15, -0.1) is 11.8 Å². The fourth-order valence-corrected chi connectivity index (χ4v) is 7.93. The number of nitrogens with one attached hydrogen (secondary N) is 1. The number of thioether (sulfide) groups is 1. The Bertz CT molecular complexity index is 1760. The minimum Gasteiger partial charge on any atom is -0.352 e. The Hall–Kier alpha value is -4.08. The van der Waals surface area contributed by atoms with Crippen molar-refractivity contribution in [3.63, 3.8) is 0 Å². The summed E-state index contributed by atoms with van der Waals surface area (Å²) in [5.74, 6) is -0.677. The summed E-state index contributed by atoms with van der Waals surface area (Å²) in [6.07, 6.45) is 7.31. The Labute approximate surface area is 289 Å². The van der Waals surface area contributed by atoms with Gasteiger partial charge in [0, 0.05) is 23.9 Å². The standard InChI is InChI=1S/C39H45N3O4S2/c1-29-14-18-32(19-15-29)27-41(37(26-31-10-6-4-7-11-31)39(44)40-33-12-8-5-9-13-33)38(43)28-42(34-20-16-30(2)17-21-34)48(45,46)36-24-22-35(47-3)23-25-36/h4,6-7,10-11,14-25,33,37H,5,8-9,12-13,26-28H2,1-3H3,(H,40,44)/t37-/m0/s1.